The number of esters is 1. The lowest BCUT2D eigenvalue weighted by atomic mass is 10.1. The van der Waals surface area contributed by atoms with Gasteiger partial charge in [0.1, 0.15) is 5.82 Å². The number of amides is 2. The second-order valence-electron chi connectivity index (χ2n) is 6.76. The maximum absolute atomic E-state index is 12.5. The lowest BCUT2D eigenvalue weighted by Gasteiger charge is -2.20. The summed E-state index contributed by atoms with van der Waals surface area (Å²) in [5.41, 5.74) is 0.545. The number of benzene rings is 1. The molecule has 9 heteroatoms. The Bertz CT molecular complexity index is 1010. The zero-order valence-corrected chi connectivity index (χ0v) is 16.6. The lowest BCUT2D eigenvalue weighted by Crippen LogP contribution is -2.42. The Kier molecular flexibility index (Phi) is 6.26. The minimum absolute atomic E-state index is 0.0876. The van der Waals surface area contributed by atoms with Crippen molar-refractivity contribution >= 4 is 28.7 Å². The Morgan fingerprint density at radius 3 is 2.79 bits per heavy atom. The van der Waals surface area contributed by atoms with Crippen LogP contribution in [0, 0.1) is 0 Å². The van der Waals surface area contributed by atoms with Crippen LogP contribution in [0.1, 0.15) is 36.5 Å². The van der Waals surface area contributed by atoms with E-state index in [0.29, 0.717) is 36.4 Å². The summed E-state index contributed by atoms with van der Waals surface area (Å²) >= 11 is 0. The summed E-state index contributed by atoms with van der Waals surface area (Å²) in [6.07, 6.45) is 1.60. The van der Waals surface area contributed by atoms with Crippen LogP contribution in [0.2, 0.25) is 0 Å². The van der Waals surface area contributed by atoms with Crippen molar-refractivity contribution < 1.29 is 19.1 Å². The number of aromatic nitrogens is 2. The SMILES string of the molecule is CCNC(=O)CN(CC)C(=O)COC(=O)c1ccc2c(=O)n3c(nc2c1)CCC3. The quantitative estimate of drug-likeness (QED) is 0.677. The highest BCUT2D eigenvalue weighted by atomic mass is 16.5. The highest BCUT2D eigenvalue weighted by Gasteiger charge is 2.20. The Balaban J connectivity index is 1.68. The molecular weight excluding hydrogens is 376 g/mol. The monoisotopic (exact) mass is 400 g/mol. The maximum atomic E-state index is 12.5. The summed E-state index contributed by atoms with van der Waals surface area (Å²) in [4.78, 5) is 54.5. The molecule has 0 spiro atoms. The first-order valence-electron chi connectivity index (χ1n) is 9.69. The summed E-state index contributed by atoms with van der Waals surface area (Å²) in [5.74, 6) is -0.695. The molecule has 1 aromatic carbocycles. The number of rotatable bonds is 7. The average Bonchev–Trinajstić information content (AvgIpc) is 3.18. The van der Waals surface area contributed by atoms with Crippen molar-refractivity contribution in [3.8, 4) is 0 Å². The fourth-order valence-corrected chi connectivity index (χ4v) is 3.32. The molecule has 2 heterocycles. The largest absolute Gasteiger partial charge is 0.452 e. The zero-order valence-electron chi connectivity index (χ0n) is 16.6. The van der Waals surface area contributed by atoms with Gasteiger partial charge in [0.2, 0.25) is 5.91 Å². The normalized spacial score (nSPS) is 12.5. The lowest BCUT2D eigenvalue weighted by molar-refractivity contribution is -0.138. The molecule has 0 aliphatic carbocycles. The molecule has 2 amide bonds. The average molecular weight is 400 g/mol. The third-order valence-corrected chi connectivity index (χ3v) is 4.82. The molecule has 9 nitrogen and oxygen atoms in total. The third kappa shape index (κ3) is 4.44. The molecule has 0 atom stereocenters. The smallest absolute Gasteiger partial charge is 0.338 e. The van der Waals surface area contributed by atoms with Crippen molar-refractivity contribution in [1.29, 1.82) is 0 Å². The molecule has 3 rings (SSSR count). The van der Waals surface area contributed by atoms with Gasteiger partial charge >= 0.3 is 5.97 Å². The highest BCUT2D eigenvalue weighted by molar-refractivity contribution is 5.95. The van der Waals surface area contributed by atoms with Gasteiger partial charge in [-0.2, -0.15) is 0 Å². The van der Waals surface area contributed by atoms with Gasteiger partial charge in [-0.15, -0.1) is 0 Å². The maximum Gasteiger partial charge on any atom is 0.338 e. The van der Waals surface area contributed by atoms with Crippen LogP contribution in [0.3, 0.4) is 0 Å². The molecule has 2 aromatic rings. The molecule has 1 N–H and O–H groups in total. The number of carbonyl (C=O) groups excluding carboxylic acids is 3. The van der Waals surface area contributed by atoms with E-state index in [0.717, 1.165) is 12.8 Å². The number of likely N-dealkylation sites (N-methyl/N-ethyl adjacent to an activating group) is 2. The van der Waals surface area contributed by atoms with E-state index >= 15 is 0 Å². The van der Waals surface area contributed by atoms with Crippen LogP contribution in [-0.2, 0) is 27.3 Å². The van der Waals surface area contributed by atoms with Crippen molar-refractivity contribution in [3.05, 3.63) is 39.9 Å². The molecule has 0 unspecified atom stereocenters. The summed E-state index contributed by atoms with van der Waals surface area (Å²) < 4.78 is 6.77. The van der Waals surface area contributed by atoms with Gasteiger partial charge in [-0.1, -0.05) is 0 Å². The van der Waals surface area contributed by atoms with E-state index in [1.165, 1.54) is 17.0 Å². The van der Waals surface area contributed by atoms with E-state index in [1.807, 2.05) is 0 Å². The number of aryl methyl sites for hydroxylation is 1. The van der Waals surface area contributed by atoms with Gasteiger partial charge in [0, 0.05) is 26.1 Å². The molecule has 0 saturated carbocycles. The Hall–Kier alpha value is -3.23. The van der Waals surface area contributed by atoms with E-state index in [9.17, 15) is 19.2 Å². The molecular formula is C20H24N4O5. The van der Waals surface area contributed by atoms with E-state index in [1.54, 1.807) is 24.5 Å². The summed E-state index contributed by atoms with van der Waals surface area (Å²) in [7, 11) is 0. The van der Waals surface area contributed by atoms with Gasteiger partial charge in [0.25, 0.3) is 11.5 Å². The summed E-state index contributed by atoms with van der Waals surface area (Å²) in [6.45, 7) is 4.43. The van der Waals surface area contributed by atoms with Gasteiger partial charge in [0.15, 0.2) is 6.61 Å². The number of carbonyl (C=O) groups is 3. The molecule has 0 radical (unpaired) electrons. The molecule has 1 aliphatic heterocycles. The third-order valence-electron chi connectivity index (χ3n) is 4.82. The fraction of sp³-hybridized carbons (Fsp3) is 0.450. The number of fused-ring (bicyclic) bond motifs is 2. The summed E-state index contributed by atoms with van der Waals surface area (Å²) in [5, 5.41) is 3.07. The van der Waals surface area contributed by atoms with Crippen molar-refractivity contribution in [2.75, 3.05) is 26.2 Å². The number of hydrogen-bond donors (Lipinski definition) is 1. The predicted molar refractivity (Wildman–Crippen MR) is 106 cm³/mol. The van der Waals surface area contributed by atoms with Crippen LogP contribution in [0.5, 0.6) is 0 Å². The van der Waals surface area contributed by atoms with Gasteiger partial charge in [-0.3, -0.25) is 19.0 Å². The van der Waals surface area contributed by atoms with Crippen LogP contribution >= 0.6 is 0 Å². The second-order valence-corrected chi connectivity index (χ2v) is 6.76. The molecule has 154 valence electrons. The van der Waals surface area contributed by atoms with E-state index < -0.39 is 18.5 Å². The second kappa shape index (κ2) is 8.85. The van der Waals surface area contributed by atoms with Gasteiger partial charge in [-0.05, 0) is 38.5 Å². The molecule has 1 aromatic heterocycles. The van der Waals surface area contributed by atoms with E-state index in [-0.39, 0.29) is 23.6 Å². The fourth-order valence-electron chi connectivity index (χ4n) is 3.32. The Labute approximate surface area is 167 Å². The van der Waals surface area contributed by atoms with Crippen molar-refractivity contribution in [3.63, 3.8) is 0 Å². The molecule has 0 bridgehead atoms. The number of nitrogens with one attached hydrogen (secondary N) is 1. The van der Waals surface area contributed by atoms with Gasteiger partial charge in [-0.25, -0.2) is 9.78 Å². The topological polar surface area (TPSA) is 111 Å². The number of ether oxygens (including phenoxy) is 1. The Morgan fingerprint density at radius 1 is 1.28 bits per heavy atom. The first-order chi connectivity index (χ1) is 13.9. The Morgan fingerprint density at radius 2 is 2.07 bits per heavy atom. The van der Waals surface area contributed by atoms with Crippen LogP contribution in [0.25, 0.3) is 10.9 Å². The van der Waals surface area contributed by atoms with Crippen molar-refractivity contribution in [2.45, 2.75) is 33.2 Å². The van der Waals surface area contributed by atoms with Gasteiger partial charge < -0.3 is 15.0 Å². The number of nitrogens with zero attached hydrogens (tertiary/aromatic N) is 3. The highest BCUT2D eigenvalue weighted by Crippen LogP contribution is 2.16. The van der Waals surface area contributed by atoms with Crippen molar-refractivity contribution in [1.82, 2.24) is 19.8 Å². The van der Waals surface area contributed by atoms with E-state index in [4.69, 9.17) is 4.74 Å². The van der Waals surface area contributed by atoms with Crippen LogP contribution in [0.4, 0.5) is 0 Å². The number of hydrogen-bond acceptors (Lipinski definition) is 6. The van der Waals surface area contributed by atoms with Crippen LogP contribution in [-0.4, -0.2) is 58.5 Å². The zero-order chi connectivity index (χ0) is 21.0. The van der Waals surface area contributed by atoms with E-state index in [2.05, 4.69) is 10.3 Å². The molecule has 0 saturated heterocycles. The first kappa shape index (κ1) is 20.5. The molecule has 1 aliphatic rings. The minimum atomic E-state index is -0.684. The first-order valence-corrected chi connectivity index (χ1v) is 9.69. The van der Waals surface area contributed by atoms with Crippen LogP contribution < -0.4 is 10.9 Å². The van der Waals surface area contributed by atoms with Gasteiger partial charge in [0.05, 0.1) is 23.0 Å². The van der Waals surface area contributed by atoms with Crippen molar-refractivity contribution in [2.24, 2.45) is 0 Å². The standard InChI is InChI=1S/C20H24N4O5/c1-3-21-17(25)11-23(4-2)18(26)12-29-20(28)13-7-8-14-15(10-13)22-16-6-5-9-24(16)19(14)27/h7-8,10H,3-6,9,11-12H2,1-2H3,(H,21,25). The minimum Gasteiger partial charge on any atom is -0.452 e. The van der Waals surface area contributed by atoms with Crippen LogP contribution in [0.15, 0.2) is 23.0 Å². The summed E-state index contributed by atoms with van der Waals surface area (Å²) in [6, 6.07) is 4.56. The molecule has 29 heavy (non-hydrogen) atoms. The molecule has 0 fully saturated rings. The predicted octanol–water partition coefficient (Wildman–Crippen LogP) is 0.484.